The summed E-state index contributed by atoms with van der Waals surface area (Å²) in [5, 5.41) is 5.02. The second-order valence-corrected chi connectivity index (χ2v) is 18.1. The second-order valence-electron chi connectivity index (χ2n) is 12.2. The van der Waals surface area contributed by atoms with Crippen molar-refractivity contribution >= 4 is 76.1 Å². The molecule has 2 amide bonds. The van der Waals surface area contributed by atoms with Crippen LogP contribution >= 0.6 is 33.9 Å². The summed E-state index contributed by atoms with van der Waals surface area (Å²) in [7, 11) is -2.02. The van der Waals surface area contributed by atoms with Gasteiger partial charge in [-0.2, -0.15) is 0 Å². The normalized spacial score (nSPS) is 15.8. The van der Waals surface area contributed by atoms with Gasteiger partial charge in [-0.05, 0) is 104 Å². The van der Waals surface area contributed by atoms with Gasteiger partial charge in [-0.1, -0.05) is 30.1 Å². The summed E-state index contributed by atoms with van der Waals surface area (Å²) in [5.74, 6) is -3.13. The van der Waals surface area contributed by atoms with Crippen molar-refractivity contribution in [3.63, 3.8) is 0 Å². The fourth-order valence-corrected chi connectivity index (χ4v) is 7.05. The third-order valence-electron chi connectivity index (χ3n) is 8.61. The van der Waals surface area contributed by atoms with E-state index in [9.17, 15) is 44.0 Å². The summed E-state index contributed by atoms with van der Waals surface area (Å²) < 4.78 is 100. The molecule has 296 valence electrons. The molecule has 0 radical (unpaired) electrons. The van der Waals surface area contributed by atoms with Gasteiger partial charge in [0.2, 0.25) is 19.1 Å². The molecule has 5 N–H and O–H groups in total. The molecule has 0 saturated carbocycles. The molecule has 2 atom stereocenters. The molecular weight excluding hydrogens is 831 g/mol. The lowest BCUT2D eigenvalue weighted by Gasteiger charge is -2.15. The zero-order valence-electron chi connectivity index (χ0n) is 29.2. The summed E-state index contributed by atoms with van der Waals surface area (Å²) in [6.07, 6.45) is 1.88. The zero-order valence-corrected chi connectivity index (χ0v) is 33.1. The third kappa shape index (κ3) is 11.4. The van der Waals surface area contributed by atoms with Crippen molar-refractivity contribution in [1.82, 2.24) is 4.72 Å². The van der Waals surface area contributed by atoms with E-state index >= 15 is 0 Å². The molecule has 4 aromatic carbocycles. The number of anilines is 2. The lowest BCUT2D eigenvalue weighted by Crippen LogP contribution is -2.29. The minimum absolute atomic E-state index is 0.00849. The van der Waals surface area contributed by atoms with Crippen LogP contribution in [0.15, 0.2) is 60.7 Å². The lowest BCUT2D eigenvalue weighted by atomic mass is 10.0. The maximum absolute atomic E-state index is 14.4. The first-order valence-electron chi connectivity index (χ1n) is 16.6. The van der Waals surface area contributed by atoms with Gasteiger partial charge in [0.1, 0.15) is 23.3 Å². The number of carbonyl (C=O) groups excluding carboxylic acids is 2. The molecule has 0 fully saturated rings. The van der Waals surface area contributed by atoms with Crippen LogP contribution in [-0.2, 0) is 31.9 Å². The van der Waals surface area contributed by atoms with Crippen molar-refractivity contribution < 1.29 is 44.0 Å². The molecule has 55 heavy (non-hydrogen) atoms. The summed E-state index contributed by atoms with van der Waals surface area (Å²) in [4.78, 5) is 25.0. The fourth-order valence-electron chi connectivity index (χ4n) is 5.85. The van der Waals surface area contributed by atoms with Crippen molar-refractivity contribution in [3.8, 4) is 0 Å². The summed E-state index contributed by atoms with van der Waals surface area (Å²) in [6, 6.07) is 11.8. The summed E-state index contributed by atoms with van der Waals surface area (Å²) in [6.45, 7) is 2.98. The molecule has 0 unspecified atom stereocenters. The number of nitrogens with two attached hydrogens (primary N) is 1. The Morgan fingerprint density at radius 1 is 0.691 bits per heavy atom. The van der Waals surface area contributed by atoms with Gasteiger partial charge >= 0.3 is 0 Å². The van der Waals surface area contributed by atoms with Gasteiger partial charge in [0.05, 0.1) is 27.6 Å². The number of benzene rings is 4. The van der Waals surface area contributed by atoms with Crippen LogP contribution in [0, 0.1) is 23.3 Å². The maximum atomic E-state index is 14.4. The van der Waals surface area contributed by atoms with Crippen molar-refractivity contribution in [1.29, 1.82) is 0 Å². The van der Waals surface area contributed by atoms with Gasteiger partial charge < -0.3 is 16.4 Å². The van der Waals surface area contributed by atoms with Crippen LogP contribution in [0.25, 0.3) is 0 Å². The summed E-state index contributed by atoms with van der Waals surface area (Å²) in [5.41, 5.74) is 8.86. The smallest absolute Gasteiger partial charge is 0.255 e. The first-order valence-corrected chi connectivity index (χ1v) is 21.5. The van der Waals surface area contributed by atoms with Crippen molar-refractivity contribution in [2.75, 3.05) is 22.1 Å². The van der Waals surface area contributed by atoms with E-state index in [2.05, 4.69) is 26.0 Å². The van der Waals surface area contributed by atoms with E-state index in [1.165, 1.54) is 62.4 Å². The van der Waals surface area contributed by atoms with Gasteiger partial charge in [-0.15, -0.1) is 0 Å². The number of hydrogen-bond donors (Lipinski definition) is 4. The number of carbonyl (C=O) groups is 2. The van der Waals surface area contributed by atoms with Crippen LogP contribution in [0.3, 0.4) is 0 Å². The number of sulfonamides is 1. The average molecular weight is 866 g/mol. The topological polar surface area (TPSA) is 165 Å². The van der Waals surface area contributed by atoms with Crippen LogP contribution < -0.4 is 21.1 Å². The van der Waals surface area contributed by atoms with Gasteiger partial charge in [0, 0.05) is 50.4 Å². The molecule has 2 aliphatic carbocycles. The highest BCUT2D eigenvalue weighted by Gasteiger charge is 2.32. The highest BCUT2D eigenvalue weighted by atomic mass is 35.7. The SMILES string of the molecule is CCS(=O)(=O)Cl.CCS(=O)(=O)N[C@H]1CCc2c(C(=O)Nc3ccc(F)c(Cl)c3)ccc(F)c21.N[C@H]1CCc2c(C(=O)Nc3ccc(F)c(Cl)c3)ccc(F)c21. The van der Waals surface area contributed by atoms with Crippen LogP contribution in [-0.4, -0.2) is 40.2 Å². The molecule has 0 spiro atoms. The Morgan fingerprint density at radius 3 is 1.55 bits per heavy atom. The zero-order chi connectivity index (χ0) is 40.8. The number of halogens is 7. The van der Waals surface area contributed by atoms with E-state index in [1.807, 2.05) is 0 Å². The van der Waals surface area contributed by atoms with Gasteiger partial charge in [-0.25, -0.2) is 39.1 Å². The van der Waals surface area contributed by atoms with Gasteiger partial charge in [0.15, 0.2) is 0 Å². The Balaban J connectivity index is 0.000000216. The first-order chi connectivity index (χ1) is 25.7. The van der Waals surface area contributed by atoms with E-state index in [-0.39, 0.29) is 44.5 Å². The Labute approximate surface area is 330 Å². The summed E-state index contributed by atoms with van der Waals surface area (Å²) >= 11 is 11.4. The molecule has 2 aliphatic rings. The van der Waals surface area contributed by atoms with E-state index in [4.69, 9.17) is 28.9 Å². The number of amides is 2. The van der Waals surface area contributed by atoms with E-state index in [1.54, 1.807) is 0 Å². The van der Waals surface area contributed by atoms with Crippen LogP contribution in [0.2, 0.25) is 10.0 Å². The fraction of sp³-hybridized carbons (Fsp3) is 0.278. The van der Waals surface area contributed by atoms with Crippen molar-refractivity contribution in [2.45, 2.75) is 51.6 Å². The van der Waals surface area contributed by atoms with Crippen LogP contribution in [0.4, 0.5) is 28.9 Å². The number of fused-ring (bicyclic) bond motifs is 2. The molecule has 19 heteroatoms. The predicted octanol–water partition coefficient (Wildman–Crippen LogP) is 8.19. The second kappa shape index (κ2) is 18.4. The number of rotatable bonds is 8. The molecule has 0 aliphatic heterocycles. The largest absolute Gasteiger partial charge is 0.324 e. The lowest BCUT2D eigenvalue weighted by molar-refractivity contribution is 0.101. The monoisotopic (exact) mass is 864 g/mol. The molecule has 6 rings (SSSR count). The van der Waals surface area contributed by atoms with E-state index in [0.717, 1.165) is 12.1 Å². The van der Waals surface area contributed by atoms with E-state index < -0.39 is 54.4 Å². The Morgan fingerprint density at radius 2 is 1.11 bits per heavy atom. The highest BCUT2D eigenvalue weighted by Crippen LogP contribution is 2.37. The average Bonchev–Trinajstić information content (AvgIpc) is 3.73. The molecular formula is C36H35Cl3F4N4O6S2. The molecule has 10 nitrogen and oxygen atoms in total. The molecule has 4 aromatic rings. The van der Waals surface area contributed by atoms with E-state index in [0.29, 0.717) is 59.3 Å². The van der Waals surface area contributed by atoms with Gasteiger partial charge in [0.25, 0.3) is 11.8 Å². The predicted molar refractivity (Wildman–Crippen MR) is 206 cm³/mol. The van der Waals surface area contributed by atoms with Gasteiger partial charge in [-0.3, -0.25) is 9.59 Å². The van der Waals surface area contributed by atoms with Crippen LogP contribution in [0.5, 0.6) is 0 Å². The Kier molecular flexibility index (Phi) is 14.7. The maximum Gasteiger partial charge on any atom is 0.255 e. The molecule has 0 saturated heterocycles. The van der Waals surface area contributed by atoms with Crippen LogP contribution in [0.1, 0.15) is 81.7 Å². The Bertz CT molecular complexity index is 2340. The first kappa shape index (κ1) is 44.0. The third-order valence-corrected chi connectivity index (χ3v) is 11.9. The highest BCUT2D eigenvalue weighted by molar-refractivity contribution is 8.13. The minimum atomic E-state index is -3.52. The molecule has 0 bridgehead atoms. The Hall–Kier alpha value is -3.77. The van der Waals surface area contributed by atoms with Crippen molar-refractivity contribution in [2.24, 2.45) is 5.73 Å². The molecule has 0 aromatic heterocycles. The standard InChI is InChI=1S/C18H17ClF2N2O3S.C16H13ClF2N2O.C2H5ClO2S/c1-2-27(25,26)23-16-8-5-11-12(4-7-15(21)17(11)16)18(24)22-10-3-6-14(20)13(19)9-10;17-11-7-8(1-4-12(11)18)21-16(22)10-2-5-13(19)15-9(10)3-6-14(15)20;1-2-6(3,4)5/h3-4,6-7,9,16,23H,2,5,8H2,1H3,(H,22,24);1-2,4-5,7,14H,3,6,20H2,(H,21,22);2H2,1H3/t16-;14-;/m00./s1. The quantitative estimate of drug-likeness (QED) is 0.103. The van der Waals surface area contributed by atoms with Crippen molar-refractivity contribution in [3.05, 3.63) is 127 Å². The molecule has 0 heterocycles. The number of hydrogen-bond acceptors (Lipinski definition) is 7. The number of nitrogens with one attached hydrogen (secondary N) is 3. The minimum Gasteiger partial charge on any atom is -0.324 e.